The van der Waals surface area contributed by atoms with Gasteiger partial charge in [0.25, 0.3) is 0 Å². The number of rotatable bonds is 5. The van der Waals surface area contributed by atoms with Crippen LogP contribution in [0.15, 0.2) is 0 Å². The van der Waals surface area contributed by atoms with Gasteiger partial charge in [0.2, 0.25) is 0 Å². The largest absolute Gasteiger partial charge is 0.377 e. The van der Waals surface area contributed by atoms with Crippen LogP contribution in [0.2, 0.25) is 0 Å². The van der Waals surface area contributed by atoms with Crippen molar-refractivity contribution in [1.82, 2.24) is 4.90 Å². The molecule has 2 N–H and O–H groups in total. The first-order valence-corrected chi connectivity index (χ1v) is 5.65. The number of nitrogens with zero attached hydrogens (tertiary/aromatic N) is 1. The predicted molar refractivity (Wildman–Crippen MR) is 59.4 cm³/mol. The maximum Gasteiger partial charge on any atom is 0.0702 e. The SMILES string of the molecule is CCC(C)(CN)N(C)CC1CCCO1. The molecule has 14 heavy (non-hydrogen) atoms. The van der Waals surface area contributed by atoms with Crippen LogP contribution in [0.5, 0.6) is 0 Å². The van der Waals surface area contributed by atoms with Crippen molar-refractivity contribution in [2.24, 2.45) is 5.73 Å². The Bertz CT molecular complexity index is 163. The van der Waals surface area contributed by atoms with E-state index in [-0.39, 0.29) is 5.54 Å². The minimum absolute atomic E-state index is 0.131. The van der Waals surface area contributed by atoms with Crippen molar-refractivity contribution < 1.29 is 4.74 Å². The van der Waals surface area contributed by atoms with Gasteiger partial charge in [0.15, 0.2) is 0 Å². The molecule has 0 aromatic carbocycles. The molecule has 0 radical (unpaired) electrons. The number of nitrogens with two attached hydrogens (primary N) is 1. The zero-order chi connectivity index (χ0) is 10.6. The fourth-order valence-corrected chi connectivity index (χ4v) is 1.88. The van der Waals surface area contributed by atoms with E-state index in [0.717, 1.165) is 19.6 Å². The molecule has 1 heterocycles. The van der Waals surface area contributed by atoms with Crippen LogP contribution in [-0.2, 0) is 4.74 Å². The lowest BCUT2D eigenvalue weighted by atomic mass is 9.96. The molecule has 84 valence electrons. The number of likely N-dealkylation sites (N-methyl/N-ethyl adjacent to an activating group) is 1. The number of hydrogen-bond acceptors (Lipinski definition) is 3. The van der Waals surface area contributed by atoms with Crippen molar-refractivity contribution in [3.63, 3.8) is 0 Å². The lowest BCUT2D eigenvalue weighted by Crippen LogP contribution is -2.51. The highest BCUT2D eigenvalue weighted by Crippen LogP contribution is 2.20. The lowest BCUT2D eigenvalue weighted by Gasteiger charge is -2.38. The van der Waals surface area contributed by atoms with E-state index in [0.29, 0.717) is 12.6 Å². The standard InChI is InChI=1S/C11H24N2O/c1-4-11(2,9-12)13(3)8-10-6-5-7-14-10/h10H,4-9,12H2,1-3H3. The van der Waals surface area contributed by atoms with E-state index >= 15 is 0 Å². The third-order valence-electron chi connectivity index (χ3n) is 3.62. The third kappa shape index (κ3) is 2.69. The molecule has 0 amide bonds. The summed E-state index contributed by atoms with van der Waals surface area (Å²) < 4.78 is 5.63. The Morgan fingerprint density at radius 2 is 2.29 bits per heavy atom. The highest BCUT2D eigenvalue weighted by molar-refractivity contribution is 4.85. The highest BCUT2D eigenvalue weighted by atomic mass is 16.5. The molecule has 1 fully saturated rings. The Kier molecular flexibility index (Phi) is 4.35. The lowest BCUT2D eigenvalue weighted by molar-refractivity contribution is 0.0420. The molecule has 3 nitrogen and oxygen atoms in total. The second-order valence-electron chi connectivity index (χ2n) is 4.57. The second kappa shape index (κ2) is 5.10. The number of ether oxygens (including phenoxy) is 1. The van der Waals surface area contributed by atoms with Gasteiger partial charge in [-0.3, -0.25) is 4.90 Å². The molecule has 0 aliphatic carbocycles. The second-order valence-corrected chi connectivity index (χ2v) is 4.57. The summed E-state index contributed by atoms with van der Waals surface area (Å²) >= 11 is 0. The molecule has 1 saturated heterocycles. The Morgan fingerprint density at radius 1 is 1.57 bits per heavy atom. The van der Waals surface area contributed by atoms with Gasteiger partial charge >= 0.3 is 0 Å². The molecule has 0 aromatic heterocycles. The van der Waals surface area contributed by atoms with Crippen LogP contribution in [0.1, 0.15) is 33.1 Å². The van der Waals surface area contributed by atoms with Crippen LogP contribution in [0.3, 0.4) is 0 Å². The molecule has 0 spiro atoms. The van der Waals surface area contributed by atoms with Crippen LogP contribution in [-0.4, -0.2) is 43.3 Å². The van der Waals surface area contributed by atoms with Crippen molar-refractivity contribution in [2.75, 3.05) is 26.7 Å². The van der Waals surface area contributed by atoms with Gasteiger partial charge in [-0.2, -0.15) is 0 Å². The summed E-state index contributed by atoms with van der Waals surface area (Å²) in [6.45, 7) is 7.08. The van der Waals surface area contributed by atoms with E-state index in [1.54, 1.807) is 0 Å². The third-order valence-corrected chi connectivity index (χ3v) is 3.62. The molecule has 1 rings (SSSR count). The van der Waals surface area contributed by atoms with Gasteiger partial charge in [-0.1, -0.05) is 6.92 Å². The normalized spacial score (nSPS) is 26.8. The topological polar surface area (TPSA) is 38.5 Å². The van der Waals surface area contributed by atoms with E-state index in [1.807, 2.05) is 0 Å². The van der Waals surface area contributed by atoms with E-state index in [9.17, 15) is 0 Å². The van der Waals surface area contributed by atoms with E-state index in [1.165, 1.54) is 12.8 Å². The summed E-state index contributed by atoms with van der Waals surface area (Å²) in [7, 11) is 2.15. The zero-order valence-corrected chi connectivity index (χ0v) is 9.75. The summed E-state index contributed by atoms with van der Waals surface area (Å²) in [5.41, 5.74) is 5.94. The van der Waals surface area contributed by atoms with Crippen molar-refractivity contribution in [3.05, 3.63) is 0 Å². The van der Waals surface area contributed by atoms with Gasteiger partial charge in [-0.05, 0) is 33.2 Å². The molecule has 1 aliphatic heterocycles. The Balaban J connectivity index is 2.42. The van der Waals surface area contributed by atoms with Crippen molar-refractivity contribution >= 4 is 0 Å². The van der Waals surface area contributed by atoms with Crippen molar-refractivity contribution in [1.29, 1.82) is 0 Å². The van der Waals surface area contributed by atoms with Crippen molar-refractivity contribution in [3.8, 4) is 0 Å². The zero-order valence-electron chi connectivity index (χ0n) is 9.75. The quantitative estimate of drug-likeness (QED) is 0.725. The summed E-state index contributed by atoms with van der Waals surface area (Å²) in [6.07, 6.45) is 3.93. The monoisotopic (exact) mass is 200 g/mol. The van der Waals surface area contributed by atoms with Gasteiger partial charge in [0.1, 0.15) is 0 Å². The summed E-state index contributed by atoms with van der Waals surface area (Å²) in [5, 5.41) is 0. The molecule has 0 aromatic rings. The highest BCUT2D eigenvalue weighted by Gasteiger charge is 2.28. The Labute approximate surface area is 87.6 Å². The predicted octanol–water partition coefficient (Wildman–Crippen LogP) is 1.22. The first kappa shape index (κ1) is 12.0. The molecule has 1 aliphatic rings. The first-order chi connectivity index (χ1) is 6.62. The molecule has 2 unspecified atom stereocenters. The van der Waals surface area contributed by atoms with Gasteiger partial charge < -0.3 is 10.5 Å². The van der Waals surface area contributed by atoms with Crippen LogP contribution in [0.4, 0.5) is 0 Å². The average molecular weight is 200 g/mol. The van der Waals surface area contributed by atoms with Crippen LogP contribution < -0.4 is 5.73 Å². The summed E-state index contributed by atoms with van der Waals surface area (Å²) in [5.74, 6) is 0. The van der Waals surface area contributed by atoms with E-state index in [2.05, 4.69) is 25.8 Å². The molecule has 2 atom stereocenters. The molecule has 0 bridgehead atoms. The Morgan fingerprint density at radius 3 is 2.71 bits per heavy atom. The summed E-state index contributed by atoms with van der Waals surface area (Å²) in [6, 6.07) is 0. The van der Waals surface area contributed by atoms with Gasteiger partial charge in [-0.15, -0.1) is 0 Å². The summed E-state index contributed by atoms with van der Waals surface area (Å²) in [4.78, 5) is 2.35. The molecular weight excluding hydrogens is 176 g/mol. The van der Waals surface area contributed by atoms with E-state index in [4.69, 9.17) is 10.5 Å². The van der Waals surface area contributed by atoms with Gasteiger partial charge in [0.05, 0.1) is 6.10 Å². The van der Waals surface area contributed by atoms with Gasteiger partial charge in [0, 0.05) is 25.2 Å². The minimum atomic E-state index is 0.131. The minimum Gasteiger partial charge on any atom is -0.377 e. The molecule has 3 heteroatoms. The van der Waals surface area contributed by atoms with Crippen LogP contribution in [0, 0.1) is 0 Å². The fraction of sp³-hybridized carbons (Fsp3) is 1.00. The molecule has 0 saturated carbocycles. The smallest absolute Gasteiger partial charge is 0.0702 e. The number of hydrogen-bond donors (Lipinski definition) is 1. The van der Waals surface area contributed by atoms with E-state index < -0.39 is 0 Å². The maximum atomic E-state index is 5.81. The first-order valence-electron chi connectivity index (χ1n) is 5.65. The average Bonchev–Trinajstić information content (AvgIpc) is 2.69. The van der Waals surface area contributed by atoms with Gasteiger partial charge in [-0.25, -0.2) is 0 Å². The maximum absolute atomic E-state index is 5.81. The fourth-order valence-electron chi connectivity index (χ4n) is 1.88. The molecular formula is C11H24N2O. The van der Waals surface area contributed by atoms with Crippen LogP contribution >= 0.6 is 0 Å². The van der Waals surface area contributed by atoms with Crippen LogP contribution in [0.25, 0.3) is 0 Å². The van der Waals surface area contributed by atoms with Crippen molar-refractivity contribution in [2.45, 2.75) is 44.8 Å². The Hall–Kier alpha value is -0.120.